The van der Waals surface area contributed by atoms with E-state index in [0.717, 1.165) is 42.2 Å². The van der Waals surface area contributed by atoms with Crippen molar-refractivity contribution in [3.05, 3.63) is 42.9 Å². The van der Waals surface area contributed by atoms with Gasteiger partial charge in [0.1, 0.15) is 5.82 Å². The van der Waals surface area contributed by atoms with Crippen LogP contribution in [0.5, 0.6) is 0 Å². The van der Waals surface area contributed by atoms with Crippen molar-refractivity contribution in [2.45, 2.75) is 13.0 Å². The van der Waals surface area contributed by atoms with Crippen molar-refractivity contribution in [1.82, 2.24) is 25.1 Å². The number of nitrogens with zero attached hydrogens (tertiary/aromatic N) is 5. The lowest BCUT2D eigenvalue weighted by Gasteiger charge is -2.32. The summed E-state index contributed by atoms with van der Waals surface area (Å²) in [4.78, 5) is 11.2. The first-order valence-electron chi connectivity index (χ1n) is 7.55. The van der Waals surface area contributed by atoms with Crippen molar-refractivity contribution in [2.75, 3.05) is 24.5 Å². The Bertz CT molecular complexity index is 796. The van der Waals surface area contributed by atoms with Gasteiger partial charge in [0, 0.05) is 43.5 Å². The van der Waals surface area contributed by atoms with Crippen molar-refractivity contribution < 1.29 is 0 Å². The van der Waals surface area contributed by atoms with E-state index in [0.29, 0.717) is 6.04 Å². The predicted molar refractivity (Wildman–Crippen MR) is 86.3 cm³/mol. The van der Waals surface area contributed by atoms with Crippen LogP contribution < -0.4 is 10.2 Å². The Kier molecular flexibility index (Phi) is 3.23. The van der Waals surface area contributed by atoms with Gasteiger partial charge >= 0.3 is 0 Å². The highest BCUT2D eigenvalue weighted by Gasteiger charge is 2.17. The van der Waals surface area contributed by atoms with E-state index in [-0.39, 0.29) is 0 Å². The molecule has 1 saturated heterocycles. The van der Waals surface area contributed by atoms with Gasteiger partial charge in [-0.05, 0) is 25.1 Å². The number of fused-ring (bicyclic) bond motifs is 1. The van der Waals surface area contributed by atoms with Crippen LogP contribution in [0.4, 0.5) is 5.82 Å². The number of hydrogen-bond donors (Lipinski definition) is 1. The minimum atomic E-state index is 0.482. The van der Waals surface area contributed by atoms with Gasteiger partial charge in [-0.25, -0.2) is 9.67 Å². The van der Waals surface area contributed by atoms with Gasteiger partial charge in [-0.3, -0.25) is 4.98 Å². The summed E-state index contributed by atoms with van der Waals surface area (Å²) >= 11 is 0. The molecule has 4 heterocycles. The van der Waals surface area contributed by atoms with Crippen LogP contribution in [-0.4, -0.2) is 45.4 Å². The van der Waals surface area contributed by atoms with Crippen molar-refractivity contribution in [1.29, 1.82) is 0 Å². The summed E-state index contributed by atoms with van der Waals surface area (Å²) in [7, 11) is 0. The lowest BCUT2D eigenvalue weighted by Crippen LogP contribution is -2.49. The lowest BCUT2D eigenvalue weighted by molar-refractivity contribution is 0.482. The third-order valence-corrected chi connectivity index (χ3v) is 4.00. The van der Waals surface area contributed by atoms with Crippen molar-refractivity contribution in [2.24, 2.45) is 0 Å². The topological polar surface area (TPSA) is 58.9 Å². The first-order valence-corrected chi connectivity index (χ1v) is 7.55. The Morgan fingerprint density at radius 2 is 2.09 bits per heavy atom. The third kappa shape index (κ3) is 2.31. The minimum Gasteiger partial charge on any atom is -0.354 e. The molecule has 0 aliphatic carbocycles. The molecule has 3 aromatic rings. The van der Waals surface area contributed by atoms with Gasteiger partial charge in [-0.1, -0.05) is 6.07 Å². The molecule has 4 rings (SSSR count). The summed E-state index contributed by atoms with van der Waals surface area (Å²) in [6.45, 7) is 5.14. The van der Waals surface area contributed by atoms with E-state index >= 15 is 0 Å². The number of rotatable bonds is 2. The van der Waals surface area contributed by atoms with Gasteiger partial charge in [0.05, 0.1) is 11.7 Å². The summed E-state index contributed by atoms with van der Waals surface area (Å²) < 4.78 is 1.87. The summed E-state index contributed by atoms with van der Waals surface area (Å²) in [5.41, 5.74) is 1.02. The summed E-state index contributed by atoms with van der Waals surface area (Å²) in [6, 6.07) is 8.54. The Labute approximate surface area is 128 Å². The molecule has 22 heavy (non-hydrogen) atoms. The van der Waals surface area contributed by atoms with E-state index in [4.69, 9.17) is 4.98 Å². The van der Waals surface area contributed by atoms with E-state index in [1.807, 2.05) is 35.3 Å². The molecule has 1 N–H and O–H groups in total. The SMILES string of the molecule is CC1CN(c2cccc(-n3ncc4cnccc43)n2)CCN1. The molecule has 1 atom stereocenters. The van der Waals surface area contributed by atoms with E-state index in [9.17, 15) is 0 Å². The predicted octanol–water partition coefficient (Wildman–Crippen LogP) is 1.61. The fourth-order valence-electron chi connectivity index (χ4n) is 2.90. The van der Waals surface area contributed by atoms with Gasteiger partial charge in [0.2, 0.25) is 0 Å². The molecule has 0 bridgehead atoms. The van der Waals surface area contributed by atoms with Crippen molar-refractivity contribution >= 4 is 16.7 Å². The van der Waals surface area contributed by atoms with Crippen LogP contribution in [0.2, 0.25) is 0 Å². The smallest absolute Gasteiger partial charge is 0.156 e. The second kappa shape index (κ2) is 5.38. The standard InChI is InChI=1S/C16H18N6/c1-12-11-21(8-7-18-12)15-3-2-4-16(20-15)22-14-5-6-17-9-13(14)10-19-22/h2-6,9-10,12,18H,7-8,11H2,1H3. The fraction of sp³-hybridized carbons (Fsp3) is 0.312. The van der Waals surface area contributed by atoms with Crippen LogP contribution >= 0.6 is 0 Å². The van der Waals surface area contributed by atoms with Crippen molar-refractivity contribution in [3.8, 4) is 5.82 Å². The Morgan fingerprint density at radius 1 is 1.18 bits per heavy atom. The van der Waals surface area contributed by atoms with Crippen LogP contribution in [0.15, 0.2) is 42.9 Å². The average Bonchev–Trinajstić information content (AvgIpc) is 2.99. The van der Waals surface area contributed by atoms with Crippen LogP contribution in [0.1, 0.15) is 6.92 Å². The lowest BCUT2D eigenvalue weighted by atomic mass is 10.2. The molecule has 1 fully saturated rings. The maximum atomic E-state index is 4.80. The molecule has 0 amide bonds. The Morgan fingerprint density at radius 3 is 3.00 bits per heavy atom. The van der Waals surface area contributed by atoms with E-state index < -0.39 is 0 Å². The second-order valence-electron chi connectivity index (χ2n) is 5.65. The zero-order chi connectivity index (χ0) is 14.9. The quantitative estimate of drug-likeness (QED) is 0.778. The molecule has 112 valence electrons. The number of anilines is 1. The maximum Gasteiger partial charge on any atom is 0.156 e. The van der Waals surface area contributed by atoms with Crippen molar-refractivity contribution in [3.63, 3.8) is 0 Å². The molecule has 0 radical (unpaired) electrons. The largest absolute Gasteiger partial charge is 0.354 e. The van der Waals surface area contributed by atoms with Gasteiger partial charge in [0.25, 0.3) is 0 Å². The molecule has 1 unspecified atom stereocenters. The zero-order valence-electron chi connectivity index (χ0n) is 12.5. The fourth-order valence-corrected chi connectivity index (χ4v) is 2.90. The number of piperazine rings is 1. The van der Waals surface area contributed by atoms with Crippen LogP contribution in [-0.2, 0) is 0 Å². The molecule has 0 aromatic carbocycles. The highest BCUT2D eigenvalue weighted by Crippen LogP contribution is 2.19. The molecule has 6 heteroatoms. The second-order valence-corrected chi connectivity index (χ2v) is 5.65. The summed E-state index contributed by atoms with van der Waals surface area (Å²) in [5.74, 6) is 1.84. The Hall–Kier alpha value is -2.47. The van der Waals surface area contributed by atoms with Crippen LogP contribution in [0.25, 0.3) is 16.7 Å². The molecule has 1 aliphatic heterocycles. The van der Waals surface area contributed by atoms with Crippen LogP contribution in [0.3, 0.4) is 0 Å². The van der Waals surface area contributed by atoms with E-state index in [1.54, 1.807) is 6.20 Å². The zero-order valence-corrected chi connectivity index (χ0v) is 12.5. The Balaban J connectivity index is 1.72. The summed E-state index contributed by atoms with van der Waals surface area (Å²) in [6.07, 6.45) is 5.42. The molecular weight excluding hydrogens is 276 g/mol. The number of pyridine rings is 2. The van der Waals surface area contributed by atoms with Gasteiger partial charge in [0.15, 0.2) is 5.82 Å². The molecule has 1 aliphatic rings. The third-order valence-electron chi connectivity index (χ3n) is 4.00. The first-order chi connectivity index (χ1) is 10.8. The summed E-state index contributed by atoms with van der Waals surface area (Å²) in [5, 5.41) is 8.92. The monoisotopic (exact) mass is 294 g/mol. The van der Waals surface area contributed by atoms with E-state index in [1.165, 1.54) is 0 Å². The molecule has 6 nitrogen and oxygen atoms in total. The average molecular weight is 294 g/mol. The van der Waals surface area contributed by atoms with Gasteiger partial charge in [-0.15, -0.1) is 0 Å². The number of aromatic nitrogens is 4. The highest BCUT2D eigenvalue weighted by molar-refractivity contribution is 5.78. The maximum absolute atomic E-state index is 4.80. The highest BCUT2D eigenvalue weighted by atomic mass is 15.3. The normalized spacial score (nSPS) is 18.8. The molecule has 0 saturated carbocycles. The molecular formula is C16H18N6. The number of nitrogens with one attached hydrogen (secondary N) is 1. The minimum absolute atomic E-state index is 0.482. The van der Waals surface area contributed by atoms with Crippen LogP contribution in [0, 0.1) is 0 Å². The molecule has 3 aromatic heterocycles. The van der Waals surface area contributed by atoms with Gasteiger partial charge < -0.3 is 10.2 Å². The van der Waals surface area contributed by atoms with E-state index in [2.05, 4.69) is 33.3 Å². The first kappa shape index (κ1) is 13.2. The number of hydrogen-bond acceptors (Lipinski definition) is 5. The van der Waals surface area contributed by atoms with Gasteiger partial charge in [-0.2, -0.15) is 5.10 Å². The molecule has 0 spiro atoms.